The number of aromatic nitrogens is 1. The van der Waals surface area contributed by atoms with Crippen LogP contribution in [-0.4, -0.2) is 10.9 Å². The maximum Gasteiger partial charge on any atom is 0.266 e. The molecule has 0 radical (unpaired) electrons. The normalized spacial score (nSPS) is 10.1. The van der Waals surface area contributed by atoms with E-state index in [1.165, 1.54) is 11.3 Å². The third-order valence-electron chi connectivity index (χ3n) is 1.79. The SMILES string of the molecule is O=C(Nc1ncccc1Br)c1ccc(Br)s1. The van der Waals surface area contributed by atoms with Crippen LogP contribution < -0.4 is 5.32 Å². The number of hydrogen-bond donors (Lipinski definition) is 1. The lowest BCUT2D eigenvalue weighted by Crippen LogP contribution is -2.11. The molecule has 0 fully saturated rings. The Balaban J connectivity index is 2.17. The highest BCUT2D eigenvalue weighted by Gasteiger charge is 2.10. The van der Waals surface area contributed by atoms with Gasteiger partial charge in [0.1, 0.15) is 5.82 Å². The first kappa shape index (κ1) is 11.8. The lowest BCUT2D eigenvalue weighted by Gasteiger charge is -2.03. The summed E-state index contributed by atoms with van der Waals surface area (Å²) in [5.41, 5.74) is 0. The Labute approximate surface area is 113 Å². The summed E-state index contributed by atoms with van der Waals surface area (Å²) in [5, 5.41) is 2.73. The number of carbonyl (C=O) groups excluding carboxylic acids is 1. The zero-order valence-corrected chi connectivity index (χ0v) is 11.9. The van der Waals surface area contributed by atoms with E-state index in [9.17, 15) is 4.79 Å². The van der Waals surface area contributed by atoms with Crippen LogP contribution in [0.4, 0.5) is 5.82 Å². The van der Waals surface area contributed by atoms with Crippen molar-refractivity contribution in [3.63, 3.8) is 0 Å². The molecule has 2 aromatic rings. The van der Waals surface area contributed by atoms with E-state index in [1.54, 1.807) is 18.3 Å². The number of anilines is 1. The van der Waals surface area contributed by atoms with Crippen LogP contribution in [0.15, 0.2) is 38.7 Å². The van der Waals surface area contributed by atoms with Gasteiger partial charge < -0.3 is 5.32 Å². The molecule has 3 nitrogen and oxygen atoms in total. The van der Waals surface area contributed by atoms with Gasteiger partial charge in [0.05, 0.1) is 13.1 Å². The Bertz CT molecular complexity index is 527. The van der Waals surface area contributed by atoms with Crippen molar-refractivity contribution in [2.45, 2.75) is 0 Å². The van der Waals surface area contributed by atoms with Gasteiger partial charge in [-0.15, -0.1) is 11.3 Å². The third kappa shape index (κ3) is 2.69. The summed E-state index contributed by atoms with van der Waals surface area (Å²) in [6, 6.07) is 7.22. The molecule has 16 heavy (non-hydrogen) atoms. The van der Waals surface area contributed by atoms with Gasteiger partial charge >= 0.3 is 0 Å². The molecule has 0 aromatic carbocycles. The van der Waals surface area contributed by atoms with Crippen LogP contribution in [0.5, 0.6) is 0 Å². The average molecular weight is 362 g/mol. The largest absolute Gasteiger partial charge is 0.305 e. The number of nitrogens with zero attached hydrogens (tertiary/aromatic N) is 1. The van der Waals surface area contributed by atoms with Crippen LogP contribution in [0, 0.1) is 0 Å². The first-order valence-corrected chi connectivity index (χ1v) is 6.74. The second kappa shape index (κ2) is 5.07. The van der Waals surface area contributed by atoms with Crippen molar-refractivity contribution >= 4 is 54.9 Å². The van der Waals surface area contributed by atoms with Gasteiger partial charge in [0.25, 0.3) is 5.91 Å². The molecule has 0 aliphatic heterocycles. The van der Waals surface area contributed by atoms with Gasteiger partial charge in [-0.25, -0.2) is 4.98 Å². The molecule has 0 aliphatic rings. The molecule has 0 saturated heterocycles. The van der Waals surface area contributed by atoms with E-state index >= 15 is 0 Å². The molecule has 1 N–H and O–H groups in total. The predicted octanol–water partition coefficient (Wildman–Crippen LogP) is 3.92. The number of halogens is 2. The van der Waals surface area contributed by atoms with Crippen molar-refractivity contribution in [2.24, 2.45) is 0 Å². The molecule has 0 atom stereocenters. The van der Waals surface area contributed by atoms with E-state index < -0.39 is 0 Å². The maximum atomic E-state index is 11.8. The fraction of sp³-hybridized carbons (Fsp3) is 0. The average Bonchev–Trinajstić information content (AvgIpc) is 2.68. The van der Waals surface area contributed by atoms with Crippen molar-refractivity contribution in [3.8, 4) is 0 Å². The predicted molar refractivity (Wildman–Crippen MR) is 71.9 cm³/mol. The Morgan fingerprint density at radius 3 is 2.75 bits per heavy atom. The Morgan fingerprint density at radius 2 is 2.12 bits per heavy atom. The molecule has 2 aromatic heterocycles. The van der Waals surface area contributed by atoms with Crippen molar-refractivity contribution in [3.05, 3.63) is 43.6 Å². The summed E-state index contributed by atoms with van der Waals surface area (Å²) in [6.45, 7) is 0. The monoisotopic (exact) mass is 360 g/mol. The Hall–Kier alpha value is -0.720. The minimum atomic E-state index is -0.157. The van der Waals surface area contributed by atoms with Crippen molar-refractivity contribution in [1.82, 2.24) is 4.98 Å². The Morgan fingerprint density at radius 1 is 1.31 bits per heavy atom. The van der Waals surface area contributed by atoms with Gasteiger partial charge in [-0.2, -0.15) is 0 Å². The van der Waals surface area contributed by atoms with E-state index in [-0.39, 0.29) is 5.91 Å². The number of thiophene rings is 1. The van der Waals surface area contributed by atoms with Crippen molar-refractivity contribution < 1.29 is 4.79 Å². The topological polar surface area (TPSA) is 42.0 Å². The molecule has 0 bridgehead atoms. The molecule has 0 aliphatic carbocycles. The van der Waals surface area contributed by atoms with Gasteiger partial charge in [0, 0.05) is 6.20 Å². The molecule has 82 valence electrons. The Kier molecular flexibility index (Phi) is 3.73. The number of nitrogens with one attached hydrogen (secondary N) is 1. The molecule has 2 heterocycles. The van der Waals surface area contributed by atoms with Gasteiger partial charge in [0.2, 0.25) is 0 Å². The fourth-order valence-electron chi connectivity index (χ4n) is 1.08. The van der Waals surface area contributed by atoms with Crippen LogP contribution in [-0.2, 0) is 0 Å². The second-order valence-electron chi connectivity index (χ2n) is 2.89. The summed E-state index contributed by atoms with van der Waals surface area (Å²) >= 11 is 8.02. The second-order valence-corrected chi connectivity index (χ2v) is 6.21. The number of rotatable bonds is 2. The van der Waals surface area contributed by atoms with Gasteiger partial charge in [-0.1, -0.05) is 0 Å². The smallest absolute Gasteiger partial charge is 0.266 e. The first-order valence-electron chi connectivity index (χ1n) is 4.34. The molecule has 2 rings (SSSR count). The van der Waals surface area contributed by atoms with Gasteiger partial charge in [0.15, 0.2) is 0 Å². The highest BCUT2D eigenvalue weighted by Crippen LogP contribution is 2.24. The summed E-state index contributed by atoms with van der Waals surface area (Å²) in [4.78, 5) is 16.5. The number of carbonyl (C=O) groups is 1. The fourth-order valence-corrected chi connectivity index (χ4v) is 2.72. The summed E-state index contributed by atoms with van der Waals surface area (Å²) in [6.07, 6.45) is 1.63. The zero-order chi connectivity index (χ0) is 11.5. The number of amides is 1. The van der Waals surface area contributed by atoms with Crippen LogP contribution >= 0.6 is 43.2 Å². The minimum absolute atomic E-state index is 0.157. The summed E-state index contributed by atoms with van der Waals surface area (Å²) < 4.78 is 1.69. The van der Waals surface area contributed by atoms with Crippen LogP contribution in [0.3, 0.4) is 0 Å². The molecule has 6 heteroatoms. The molecular weight excluding hydrogens is 356 g/mol. The summed E-state index contributed by atoms with van der Waals surface area (Å²) in [5.74, 6) is 0.368. The van der Waals surface area contributed by atoms with Crippen LogP contribution in [0.2, 0.25) is 0 Å². The maximum absolute atomic E-state index is 11.8. The highest BCUT2D eigenvalue weighted by atomic mass is 79.9. The lowest BCUT2D eigenvalue weighted by atomic mass is 10.4. The molecular formula is C10H6Br2N2OS. The summed E-state index contributed by atoms with van der Waals surface area (Å²) in [7, 11) is 0. The zero-order valence-electron chi connectivity index (χ0n) is 7.91. The minimum Gasteiger partial charge on any atom is -0.305 e. The van der Waals surface area contributed by atoms with Gasteiger partial charge in [-0.3, -0.25) is 4.79 Å². The molecule has 0 saturated carbocycles. The standard InChI is InChI=1S/C10H6Br2N2OS/c11-6-2-1-5-13-9(6)14-10(15)7-3-4-8(12)16-7/h1-5H,(H,13,14,15). The molecule has 0 spiro atoms. The van der Waals surface area contributed by atoms with Crippen molar-refractivity contribution in [2.75, 3.05) is 5.32 Å². The van der Waals surface area contributed by atoms with E-state index in [4.69, 9.17) is 0 Å². The molecule has 1 amide bonds. The highest BCUT2D eigenvalue weighted by molar-refractivity contribution is 9.11. The number of pyridine rings is 1. The van der Waals surface area contributed by atoms with E-state index in [0.29, 0.717) is 10.7 Å². The lowest BCUT2D eigenvalue weighted by molar-refractivity contribution is 0.103. The third-order valence-corrected chi connectivity index (χ3v) is 4.05. The van der Waals surface area contributed by atoms with E-state index in [1.807, 2.05) is 12.1 Å². The van der Waals surface area contributed by atoms with E-state index in [2.05, 4.69) is 42.2 Å². The molecule has 0 unspecified atom stereocenters. The van der Waals surface area contributed by atoms with Crippen molar-refractivity contribution in [1.29, 1.82) is 0 Å². The van der Waals surface area contributed by atoms with E-state index in [0.717, 1.165) is 8.26 Å². The first-order chi connectivity index (χ1) is 7.66. The number of hydrogen-bond acceptors (Lipinski definition) is 3. The van der Waals surface area contributed by atoms with Crippen LogP contribution in [0.1, 0.15) is 9.67 Å². The van der Waals surface area contributed by atoms with Crippen LogP contribution in [0.25, 0.3) is 0 Å². The quantitative estimate of drug-likeness (QED) is 0.880. The van der Waals surface area contributed by atoms with Gasteiger partial charge in [-0.05, 0) is 56.1 Å².